The largest absolute Gasteiger partial charge is 0.494 e. The molecule has 0 unspecified atom stereocenters. The highest BCUT2D eigenvalue weighted by molar-refractivity contribution is 6.34. The molecule has 0 aromatic heterocycles. The molecule has 2 rings (SSSR count). The summed E-state index contributed by atoms with van der Waals surface area (Å²) in [4.78, 5) is 12.2. The highest BCUT2D eigenvalue weighted by Gasteiger charge is 2.10. The number of halogens is 1. The van der Waals surface area contributed by atoms with E-state index in [0.29, 0.717) is 28.8 Å². The molecule has 0 heterocycles. The van der Waals surface area contributed by atoms with E-state index in [2.05, 4.69) is 19.2 Å². The van der Waals surface area contributed by atoms with Crippen LogP contribution in [-0.2, 0) is 0 Å². The summed E-state index contributed by atoms with van der Waals surface area (Å²) in [5.41, 5.74) is 1.14. The fourth-order valence-corrected chi connectivity index (χ4v) is 2.14. The average molecular weight is 318 g/mol. The van der Waals surface area contributed by atoms with Crippen LogP contribution in [0.2, 0.25) is 5.02 Å². The van der Waals surface area contributed by atoms with Crippen molar-refractivity contribution in [3.8, 4) is 5.75 Å². The molecule has 1 amide bonds. The molecule has 0 spiro atoms. The van der Waals surface area contributed by atoms with Crippen molar-refractivity contribution in [1.82, 2.24) is 0 Å². The van der Waals surface area contributed by atoms with Gasteiger partial charge < -0.3 is 10.1 Å². The number of rotatable bonds is 6. The Labute approximate surface area is 136 Å². The predicted octanol–water partition coefficient (Wildman–Crippen LogP) is 5.02. The van der Waals surface area contributed by atoms with Gasteiger partial charge in [-0.15, -0.1) is 0 Å². The second-order valence-corrected chi connectivity index (χ2v) is 5.90. The first-order valence-corrected chi connectivity index (χ1v) is 7.73. The van der Waals surface area contributed by atoms with Crippen molar-refractivity contribution in [2.24, 2.45) is 5.92 Å². The minimum Gasteiger partial charge on any atom is -0.494 e. The molecule has 0 bridgehead atoms. The van der Waals surface area contributed by atoms with Crippen molar-refractivity contribution in [2.45, 2.75) is 20.3 Å². The molecule has 1 N–H and O–H groups in total. The molecule has 22 heavy (non-hydrogen) atoms. The molecule has 0 aliphatic carbocycles. The van der Waals surface area contributed by atoms with Gasteiger partial charge in [0.15, 0.2) is 0 Å². The van der Waals surface area contributed by atoms with Gasteiger partial charge in [-0.3, -0.25) is 4.79 Å². The summed E-state index contributed by atoms with van der Waals surface area (Å²) in [5, 5.41) is 3.27. The number of benzene rings is 2. The average Bonchev–Trinajstić information content (AvgIpc) is 2.47. The lowest BCUT2D eigenvalue weighted by molar-refractivity contribution is 0.102. The van der Waals surface area contributed by atoms with Gasteiger partial charge in [-0.2, -0.15) is 0 Å². The Bertz CT molecular complexity index is 640. The molecule has 2 aromatic carbocycles. The number of hydrogen-bond donors (Lipinski definition) is 1. The van der Waals surface area contributed by atoms with Crippen molar-refractivity contribution < 1.29 is 9.53 Å². The van der Waals surface area contributed by atoms with Crippen LogP contribution in [0.4, 0.5) is 5.69 Å². The zero-order valence-corrected chi connectivity index (χ0v) is 13.6. The van der Waals surface area contributed by atoms with E-state index in [1.165, 1.54) is 0 Å². The highest BCUT2D eigenvalue weighted by Crippen LogP contribution is 2.21. The number of amides is 1. The molecular formula is C18H20ClNO2. The van der Waals surface area contributed by atoms with E-state index in [1.807, 2.05) is 24.3 Å². The number of ether oxygens (including phenoxy) is 1. The third-order valence-electron chi connectivity index (χ3n) is 3.17. The zero-order chi connectivity index (χ0) is 15.9. The smallest absolute Gasteiger partial charge is 0.257 e. The lowest BCUT2D eigenvalue weighted by Gasteiger charge is -2.10. The number of anilines is 1. The minimum absolute atomic E-state index is 0.232. The minimum atomic E-state index is -0.232. The molecule has 0 radical (unpaired) electrons. The Hall–Kier alpha value is -2.00. The van der Waals surface area contributed by atoms with Gasteiger partial charge in [0, 0.05) is 11.8 Å². The maximum absolute atomic E-state index is 12.2. The topological polar surface area (TPSA) is 38.3 Å². The van der Waals surface area contributed by atoms with Gasteiger partial charge in [0.2, 0.25) is 0 Å². The fourth-order valence-electron chi connectivity index (χ4n) is 1.92. The summed E-state index contributed by atoms with van der Waals surface area (Å²) >= 11 is 6.03. The molecule has 0 fully saturated rings. The SMILES string of the molecule is CC(C)CCOc1cccc(NC(=O)c2ccccc2Cl)c1. The molecule has 0 aliphatic heterocycles. The zero-order valence-electron chi connectivity index (χ0n) is 12.8. The van der Waals surface area contributed by atoms with E-state index in [-0.39, 0.29) is 5.91 Å². The van der Waals surface area contributed by atoms with E-state index < -0.39 is 0 Å². The van der Waals surface area contributed by atoms with Crippen LogP contribution in [0, 0.1) is 5.92 Å². The summed E-state index contributed by atoms with van der Waals surface area (Å²) in [7, 11) is 0. The Morgan fingerprint density at radius 1 is 1.18 bits per heavy atom. The molecule has 2 aromatic rings. The Morgan fingerprint density at radius 3 is 2.68 bits per heavy atom. The van der Waals surface area contributed by atoms with Gasteiger partial charge in [0.1, 0.15) is 5.75 Å². The second-order valence-electron chi connectivity index (χ2n) is 5.49. The van der Waals surface area contributed by atoms with Crippen LogP contribution >= 0.6 is 11.6 Å². The van der Waals surface area contributed by atoms with Crippen LogP contribution in [-0.4, -0.2) is 12.5 Å². The number of hydrogen-bond acceptors (Lipinski definition) is 2. The van der Waals surface area contributed by atoms with Gasteiger partial charge in [-0.05, 0) is 36.6 Å². The summed E-state index contributed by atoms with van der Waals surface area (Å²) in [6.45, 7) is 4.98. The Morgan fingerprint density at radius 2 is 1.95 bits per heavy atom. The van der Waals surface area contributed by atoms with Crippen molar-refractivity contribution >= 4 is 23.2 Å². The highest BCUT2D eigenvalue weighted by atomic mass is 35.5. The lowest BCUT2D eigenvalue weighted by Crippen LogP contribution is -2.12. The summed E-state index contributed by atoms with van der Waals surface area (Å²) in [5.74, 6) is 1.12. The Kier molecular flexibility index (Phi) is 5.84. The van der Waals surface area contributed by atoms with Gasteiger partial charge >= 0.3 is 0 Å². The first kappa shape index (κ1) is 16.4. The molecule has 0 saturated heterocycles. The quantitative estimate of drug-likeness (QED) is 0.812. The summed E-state index contributed by atoms with van der Waals surface area (Å²) in [6.07, 6.45) is 0.996. The molecule has 3 nitrogen and oxygen atoms in total. The molecule has 4 heteroatoms. The van der Waals surface area contributed by atoms with Crippen molar-refractivity contribution in [3.63, 3.8) is 0 Å². The van der Waals surface area contributed by atoms with E-state index in [4.69, 9.17) is 16.3 Å². The second kappa shape index (κ2) is 7.85. The fraction of sp³-hybridized carbons (Fsp3) is 0.278. The third-order valence-corrected chi connectivity index (χ3v) is 3.50. The van der Waals surface area contributed by atoms with Crippen molar-refractivity contribution in [2.75, 3.05) is 11.9 Å². The van der Waals surface area contributed by atoms with Crippen LogP contribution in [0.1, 0.15) is 30.6 Å². The van der Waals surface area contributed by atoms with Crippen LogP contribution in [0.5, 0.6) is 5.75 Å². The van der Waals surface area contributed by atoms with Gasteiger partial charge in [0.25, 0.3) is 5.91 Å². The van der Waals surface area contributed by atoms with Gasteiger partial charge in [0.05, 0.1) is 17.2 Å². The van der Waals surface area contributed by atoms with E-state index in [9.17, 15) is 4.79 Å². The van der Waals surface area contributed by atoms with Crippen molar-refractivity contribution in [1.29, 1.82) is 0 Å². The molecule has 0 atom stereocenters. The Balaban J connectivity index is 2.01. The number of carbonyl (C=O) groups is 1. The standard InChI is InChI=1S/C18H20ClNO2/c1-13(2)10-11-22-15-7-5-6-14(12-15)20-18(21)16-8-3-4-9-17(16)19/h3-9,12-13H,10-11H2,1-2H3,(H,20,21). The van der Waals surface area contributed by atoms with Crippen LogP contribution in [0.25, 0.3) is 0 Å². The van der Waals surface area contributed by atoms with E-state index in [1.54, 1.807) is 24.3 Å². The van der Waals surface area contributed by atoms with Crippen molar-refractivity contribution in [3.05, 3.63) is 59.1 Å². The third kappa shape index (κ3) is 4.78. The lowest BCUT2D eigenvalue weighted by atomic mass is 10.1. The molecule has 0 saturated carbocycles. The van der Waals surface area contributed by atoms with Crippen LogP contribution in [0.3, 0.4) is 0 Å². The predicted molar refractivity (Wildman–Crippen MR) is 90.8 cm³/mol. The van der Waals surface area contributed by atoms with Crippen LogP contribution < -0.4 is 10.1 Å². The summed E-state index contributed by atoms with van der Waals surface area (Å²) in [6, 6.07) is 14.3. The maximum Gasteiger partial charge on any atom is 0.257 e. The number of carbonyl (C=O) groups excluding carboxylic acids is 1. The normalized spacial score (nSPS) is 10.5. The number of nitrogens with one attached hydrogen (secondary N) is 1. The van der Waals surface area contributed by atoms with Crippen LogP contribution in [0.15, 0.2) is 48.5 Å². The van der Waals surface area contributed by atoms with Gasteiger partial charge in [-0.1, -0.05) is 43.6 Å². The van der Waals surface area contributed by atoms with E-state index in [0.717, 1.165) is 12.2 Å². The monoisotopic (exact) mass is 317 g/mol. The van der Waals surface area contributed by atoms with E-state index >= 15 is 0 Å². The molecule has 116 valence electrons. The molecule has 0 aliphatic rings. The molecular weight excluding hydrogens is 298 g/mol. The first-order chi connectivity index (χ1) is 10.6. The summed E-state index contributed by atoms with van der Waals surface area (Å²) < 4.78 is 5.69. The van der Waals surface area contributed by atoms with Gasteiger partial charge in [-0.25, -0.2) is 0 Å². The maximum atomic E-state index is 12.2. The first-order valence-electron chi connectivity index (χ1n) is 7.35.